The largest absolute Gasteiger partial charge is 0.522 e. The molecule has 2 fully saturated rings. The van der Waals surface area contributed by atoms with E-state index >= 15 is 0 Å². The molecule has 48 heavy (non-hydrogen) atoms. The van der Waals surface area contributed by atoms with E-state index in [0.29, 0.717) is 0 Å². The molecule has 4 N–H and O–H groups in total. The average molecular weight is 696 g/mol. The van der Waals surface area contributed by atoms with Crippen molar-refractivity contribution in [1.29, 1.82) is 0 Å². The van der Waals surface area contributed by atoms with E-state index in [1.807, 2.05) is 0 Å². The second kappa shape index (κ2) is 12.6. The molecule has 4 heterocycles. The molecule has 0 saturated carbocycles. The Kier molecular flexibility index (Phi) is 9.71. The molecule has 0 radical (unpaired) electrons. The van der Waals surface area contributed by atoms with Crippen LogP contribution in [0.5, 0.6) is 0 Å². The second-order valence-electron chi connectivity index (χ2n) is 8.93. The molecule has 2 saturated heterocycles. The van der Waals surface area contributed by atoms with Gasteiger partial charge in [0.25, 0.3) is 0 Å². The number of carbonyl (C=O) groups is 2. The third kappa shape index (κ3) is 5.78. The topological polar surface area (TPSA) is 493 Å². The molecule has 0 aromatic rings. The summed E-state index contributed by atoms with van der Waals surface area (Å²) in [4.78, 5) is 109. The van der Waals surface area contributed by atoms with E-state index in [-0.39, 0.29) is 26.2 Å². The van der Waals surface area contributed by atoms with E-state index in [1.165, 1.54) is 0 Å². The van der Waals surface area contributed by atoms with Crippen LogP contribution in [0.2, 0.25) is 0 Å². The molecule has 0 bridgehead atoms. The van der Waals surface area contributed by atoms with Crippen LogP contribution >= 0.6 is 0 Å². The van der Waals surface area contributed by atoms with Gasteiger partial charge < -0.3 is 50.7 Å². The number of aliphatic imine (C=N–C) groups is 4. The predicted octanol–water partition coefficient (Wildman–Crippen LogP) is -5.05. The fourth-order valence-corrected chi connectivity index (χ4v) is 3.50. The first kappa shape index (κ1) is 36.9. The summed E-state index contributed by atoms with van der Waals surface area (Å²) in [5.41, 5.74) is -11.6. The van der Waals surface area contributed by atoms with Gasteiger partial charge in [-0.1, -0.05) is 0 Å². The third-order valence-corrected chi connectivity index (χ3v) is 6.24. The Bertz CT molecular complexity index is 1470. The van der Waals surface area contributed by atoms with Gasteiger partial charge in [0.15, 0.2) is 0 Å². The highest BCUT2D eigenvalue weighted by atomic mass is 16.7. The molecule has 0 aliphatic carbocycles. The lowest BCUT2D eigenvalue weighted by molar-refractivity contribution is -0.802. The molecule has 34 heteroatoms. The number of hydrogen-bond donors (Lipinski definition) is 4. The standard InChI is InChI=1S/C8H2N8O12.2C3H5N3O4/c17-5(18)7(9-1(13(21)22)2(10-7)14(23)24)8(6(19)20)11-3(15(25)26)4(12-8)16(27)28;2*7-5(8)3(6(9)10)1-4-2-3/h(H,17,18)(H,19,20);2*4H,1-2H2. The number of nitrogens with zero attached hydrogens (tertiary/aromatic N) is 12. The number of amidine groups is 4. The van der Waals surface area contributed by atoms with E-state index in [9.17, 15) is 101 Å². The van der Waals surface area contributed by atoms with Gasteiger partial charge in [0, 0.05) is 20.0 Å². The SMILES string of the molecule is O=C(O)C1(C2(C(=O)O)N=C([N+](=O)[O-])C([N+](=O)[O-])=N2)N=C([N+](=O)[O-])C([N+](=O)[O-])=N1.O=[N+]([O-])C1([N+](=O)[O-])CNC1.O=[N+]([O-])C1([N+](=O)[O-])CNC1. The van der Waals surface area contributed by atoms with Crippen LogP contribution in [0.15, 0.2) is 20.0 Å². The minimum Gasteiger partial charge on any atom is -0.474 e. The summed E-state index contributed by atoms with van der Waals surface area (Å²) in [5.74, 6) is -12.3. The number of carboxylic acids is 2. The second-order valence-corrected chi connectivity index (χ2v) is 8.93. The Morgan fingerprint density at radius 1 is 0.479 bits per heavy atom. The molecule has 0 spiro atoms. The summed E-state index contributed by atoms with van der Waals surface area (Å²) in [6, 6.07) is 0. The summed E-state index contributed by atoms with van der Waals surface area (Å²) in [6.07, 6.45) is 0. The number of rotatable bonds is 7. The molecule has 4 rings (SSSR count). The van der Waals surface area contributed by atoms with E-state index in [4.69, 9.17) is 0 Å². The highest BCUT2D eigenvalue weighted by molar-refractivity contribution is 6.37. The van der Waals surface area contributed by atoms with Gasteiger partial charge in [0.2, 0.25) is 0 Å². The molecule has 0 aromatic heterocycles. The van der Waals surface area contributed by atoms with Gasteiger partial charge in [-0.3, -0.25) is 51.1 Å². The lowest BCUT2D eigenvalue weighted by Crippen LogP contribution is -2.68. The van der Waals surface area contributed by atoms with Crippen LogP contribution in [0.25, 0.3) is 0 Å². The van der Waals surface area contributed by atoms with Gasteiger partial charge in [0.1, 0.15) is 45.9 Å². The summed E-state index contributed by atoms with van der Waals surface area (Å²) >= 11 is 0. The van der Waals surface area contributed by atoms with E-state index < -0.39 is 97.3 Å². The van der Waals surface area contributed by atoms with Gasteiger partial charge in [-0.2, -0.15) is 0 Å². The number of aliphatic carboxylic acids is 2. The van der Waals surface area contributed by atoms with Crippen molar-refractivity contribution in [3.05, 3.63) is 80.9 Å². The Hall–Kier alpha value is -7.26. The zero-order valence-electron chi connectivity index (χ0n) is 22.4. The number of hydrogen-bond acceptors (Lipinski definition) is 24. The highest BCUT2D eigenvalue weighted by Crippen LogP contribution is 2.40. The van der Waals surface area contributed by atoms with Crippen LogP contribution in [-0.4, -0.2) is 134 Å². The van der Waals surface area contributed by atoms with Crippen LogP contribution in [0.4, 0.5) is 0 Å². The van der Waals surface area contributed by atoms with E-state index in [1.54, 1.807) is 0 Å². The normalized spacial score (nSPS) is 19.9. The maximum absolute atomic E-state index is 11.7. The summed E-state index contributed by atoms with van der Waals surface area (Å²) in [6.45, 7) is -0.694. The zero-order valence-corrected chi connectivity index (χ0v) is 22.4. The number of carboxylic acid groups (broad SMARTS) is 2. The Morgan fingerprint density at radius 3 is 0.729 bits per heavy atom. The van der Waals surface area contributed by atoms with Gasteiger partial charge in [-0.25, -0.2) is 9.59 Å². The first-order valence-electron chi connectivity index (χ1n) is 11.4. The van der Waals surface area contributed by atoms with Crippen molar-refractivity contribution in [2.45, 2.75) is 22.7 Å². The number of nitrogens with one attached hydrogen (secondary N) is 2. The van der Waals surface area contributed by atoms with E-state index in [2.05, 4.69) is 30.6 Å². The summed E-state index contributed by atoms with van der Waals surface area (Å²) in [5, 5.41) is 108. The van der Waals surface area contributed by atoms with Crippen molar-refractivity contribution in [2.75, 3.05) is 26.2 Å². The first-order chi connectivity index (χ1) is 22.0. The lowest BCUT2D eigenvalue weighted by Gasteiger charge is -2.24. The maximum Gasteiger partial charge on any atom is 0.522 e. The van der Waals surface area contributed by atoms with Crippen LogP contribution < -0.4 is 10.6 Å². The predicted molar refractivity (Wildman–Crippen MR) is 138 cm³/mol. The molecule has 34 nitrogen and oxygen atoms in total. The first-order valence-corrected chi connectivity index (χ1v) is 11.4. The van der Waals surface area contributed by atoms with Crippen molar-refractivity contribution in [3.63, 3.8) is 0 Å². The Balaban J connectivity index is 0.000000323. The number of nitro groups is 8. The maximum atomic E-state index is 11.7. The molecular weight excluding hydrogens is 684 g/mol. The van der Waals surface area contributed by atoms with Gasteiger partial charge in [0.05, 0.1) is 0 Å². The van der Waals surface area contributed by atoms with Gasteiger partial charge in [-0.15, -0.1) is 0 Å². The van der Waals surface area contributed by atoms with Crippen LogP contribution in [0.1, 0.15) is 0 Å². The molecule has 4 aliphatic rings. The van der Waals surface area contributed by atoms with Crippen LogP contribution in [0.3, 0.4) is 0 Å². The molecule has 0 atom stereocenters. The molecule has 4 aliphatic heterocycles. The molecule has 258 valence electrons. The minimum absolute atomic E-state index is 0.174. The van der Waals surface area contributed by atoms with Crippen molar-refractivity contribution in [3.8, 4) is 0 Å². The van der Waals surface area contributed by atoms with Gasteiger partial charge >= 0.3 is 57.9 Å². The van der Waals surface area contributed by atoms with Crippen molar-refractivity contribution < 1.29 is 59.2 Å². The molecular formula is C14H12N14O20. The monoisotopic (exact) mass is 696 g/mol. The molecule has 0 aromatic carbocycles. The fraction of sp³-hybridized carbons (Fsp3) is 0.571. The summed E-state index contributed by atoms with van der Waals surface area (Å²) in [7, 11) is 0. The Morgan fingerprint density at radius 2 is 0.667 bits per heavy atom. The third-order valence-electron chi connectivity index (χ3n) is 6.24. The van der Waals surface area contributed by atoms with Crippen molar-refractivity contribution in [1.82, 2.24) is 10.6 Å². The highest BCUT2D eigenvalue weighted by Gasteiger charge is 2.88. The molecule has 0 amide bonds. The van der Waals surface area contributed by atoms with Crippen molar-refractivity contribution >= 4 is 35.3 Å². The van der Waals surface area contributed by atoms with Crippen molar-refractivity contribution in [2.24, 2.45) is 20.0 Å². The summed E-state index contributed by atoms with van der Waals surface area (Å²) < 4.78 is 0. The van der Waals surface area contributed by atoms with Crippen LogP contribution in [-0.2, 0) is 9.59 Å². The van der Waals surface area contributed by atoms with E-state index in [0.717, 1.165) is 0 Å². The average Bonchev–Trinajstić information content (AvgIpc) is 3.50. The minimum atomic E-state index is -3.84. The Labute approximate surface area is 255 Å². The van der Waals surface area contributed by atoms with Crippen LogP contribution in [0, 0.1) is 80.9 Å². The fourth-order valence-electron chi connectivity index (χ4n) is 3.50. The lowest BCUT2D eigenvalue weighted by atomic mass is 9.95. The van der Waals surface area contributed by atoms with Gasteiger partial charge in [-0.05, 0) is 19.7 Å². The molecule has 0 unspecified atom stereocenters. The quantitative estimate of drug-likeness (QED) is 0.110. The zero-order chi connectivity index (χ0) is 37.2. The smallest absolute Gasteiger partial charge is 0.474 e.